The van der Waals surface area contributed by atoms with E-state index in [4.69, 9.17) is 0 Å². The molecular weight excluding hydrogens is 316 g/mol. The van der Waals surface area contributed by atoms with E-state index < -0.39 is 0 Å². The molecule has 1 N–H and O–H groups in total. The molecule has 6 heteroatoms. The number of nitrogens with zero attached hydrogens (tertiary/aromatic N) is 1. The van der Waals surface area contributed by atoms with Crippen LogP contribution < -0.4 is 5.32 Å². The maximum atomic E-state index is 11.6. The molecule has 2 amide bonds. The first kappa shape index (κ1) is 13.0. The Morgan fingerprint density at radius 3 is 2.67 bits per heavy atom. The van der Waals surface area contributed by atoms with E-state index in [1.54, 1.807) is 6.08 Å². The number of amidine groups is 1. The third-order valence-corrected chi connectivity index (χ3v) is 3.50. The fraction of sp³-hybridized carbons (Fsp3) is 0.0833. The molecule has 18 heavy (non-hydrogen) atoms. The van der Waals surface area contributed by atoms with Gasteiger partial charge >= 0.3 is 0 Å². The number of thioether (sulfide) groups is 1. The molecule has 0 atom stereocenters. The Labute approximate surface area is 117 Å². The second kappa shape index (κ2) is 5.49. The number of nitrogens with one attached hydrogen (secondary N) is 1. The third-order valence-electron chi connectivity index (χ3n) is 2.07. The molecule has 0 aromatic heterocycles. The Bertz CT molecular complexity index is 564. The van der Waals surface area contributed by atoms with Gasteiger partial charge in [0.2, 0.25) is 5.91 Å². The number of hydrogen-bond donors (Lipinski definition) is 1. The molecule has 1 aromatic carbocycles. The molecular formula is C12H9BrN2O2S. The standard InChI is InChI=1S/C12H9BrN2O2S/c1-7(16)14-12-15-11(17)10(18-12)6-8-2-4-9(13)5-3-8/h2-6H,1H3,(H,14,15,16,17)/b10-6+. The van der Waals surface area contributed by atoms with Crippen molar-refractivity contribution in [2.75, 3.05) is 0 Å². The SMILES string of the molecule is CC(=O)NC1=NC(=O)/C(=C\c2ccc(Br)cc2)S1. The van der Waals surface area contributed by atoms with Crippen LogP contribution in [-0.2, 0) is 9.59 Å². The van der Waals surface area contributed by atoms with Crippen LogP contribution in [0.25, 0.3) is 6.08 Å². The van der Waals surface area contributed by atoms with E-state index in [1.807, 2.05) is 24.3 Å². The van der Waals surface area contributed by atoms with E-state index >= 15 is 0 Å². The first-order chi connectivity index (χ1) is 8.54. The molecule has 0 saturated heterocycles. The molecule has 0 spiro atoms. The number of halogens is 1. The lowest BCUT2D eigenvalue weighted by atomic mass is 10.2. The van der Waals surface area contributed by atoms with Crippen molar-refractivity contribution in [3.63, 3.8) is 0 Å². The van der Waals surface area contributed by atoms with Crippen molar-refractivity contribution in [3.05, 3.63) is 39.2 Å². The first-order valence-electron chi connectivity index (χ1n) is 5.10. The second-order valence-corrected chi connectivity index (χ2v) is 5.51. The third kappa shape index (κ3) is 3.30. The zero-order chi connectivity index (χ0) is 13.1. The minimum Gasteiger partial charge on any atom is -0.305 e. The van der Waals surface area contributed by atoms with Gasteiger partial charge in [-0.3, -0.25) is 9.59 Å². The molecule has 2 rings (SSSR count). The molecule has 0 unspecified atom stereocenters. The van der Waals surface area contributed by atoms with Crippen molar-refractivity contribution in [1.82, 2.24) is 5.32 Å². The predicted molar refractivity (Wildman–Crippen MR) is 76.0 cm³/mol. The summed E-state index contributed by atoms with van der Waals surface area (Å²) in [5.41, 5.74) is 0.910. The summed E-state index contributed by atoms with van der Waals surface area (Å²) in [4.78, 5) is 26.7. The average Bonchev–Trinajstić information content (AvgIpc) is 2.61. The van der Waals surface area contributed by atoms with Gasteiger partial charge in [-0.1, -0.05) is 28.1 Å². The molecule has 0 aliphatic carbocycles. The molecule has 1 aliphatic heterocycles. The van der Waals surface area contributed by atoms with E-state index in [0.717, 1.165) is 21.8 Å². The number of aliphatic imine (C=N–C) groups is 1. The predicted octanol–water partition coefficient (Wildman–Crippen LogP) is 2.56. The highest BCUT2D eigenvalue weighted by Crippen LogP contribution is 2.27. The fourth-order valence-electron chi connectivity index (χ4n) is 1.32. The van der Waals surface area contributed by atoms with Crippen LogP contribution in [0.5, 0.6) is 0 Å². The first-order valence-corrected chi connectivity index (χ1v) is 6.71. The molecule has 1 aromatic rings. The van der Waals surface area contributed by atoms with E-state index in [1.165, 1.54) is 6.92 Å². The summed E-state index contributed by atoms with van der Waals surface area (Å²) in [6.07, 6.45) is 1.75. The van der Waals surface area contributed by atoms with E-state index in [2.05, 4.69) is 26.2 Å². The van der Waals surface area contributed by atoms with Gasteiger partial charge in [-0.05, 0) is 35.5 Å². The summed E-state index contributed by atoms with van der Waals surface area (Å²) in [6.45, 7) is 1.38. The summed E-state index contributed by atoms with van der Waals surface area (Å²) < 4.78 is 0.977. The van der Waals surface area contributed by atoms with Gasteiger partial charge in [0.25, 0.3) is 5.91 Å². The monoisotopic (exact) mass is 324 g/mol. The van der Waals surface area contributed by atoms with Crippen LogP contribution >= 0.6 is 27.7 Å². The number of benzene rings is 1. The lowest BCUT2D eigenvalue weighted by molar-refractivity contribution is -0.117. The molecule has 0 radical (unpaired) electrons. The van der Waals surface area contributed by atoms with Crippen molar-refractivity contribution in [3.8, 4) is 0 Å². The van der Waals surface area contributed by atoms with Crippen LogP contribution in [0.4, 0.5) is 0 Å². The van der Waals surface area contributed by atoms with Crippen LogP contribution in [0.1, 0.15) is 12.5 Å². The summed E-state index contributed by atoms with van der Waals surface area (Å²) >= 11 is 4.51. The lowest BCUT2D eigenvalue weighted by Gasteiger charge is -1.98. The maximum absolute atomic E-state index is 11.6. The van der Waals surface area contributed by atoms with E-state index in [0.29, 0.717) is 10.1 Å². The largest absolute Gasteiger partial charge is 0.305 e. The molecule has 1 aliphatic rings. The second-order valence-electron chi connectivity index (χ2n) is 3.57. The molecule has 1 heterocycles. The van der Waals surface area contributed by atoms with Gasteiger partial charge in [0.05, 0.1) is 4.91 Å². The Hall–Kier alpha value is -1.40. The smallest absolute Gasteiger partial charge is 0.286 e. The van der Waals surface area contributed by atoms with Gasteiger partial charge in [0.15, 0.2) is 5.17 Å². The van der Waals surface area contributed by atoms with Gasteiger partial charge in [0.1, 0.15) is 0 Å². The summed E-state index contributed by atoms with van der Waals surface area (Å²) in [5, 5.41) is 2.83. The highest BCUT2D eigenvalue weighted by atomic mass is 79.9. The number of hydrogen-bond acceptors (Lipinski definition) is 3. The quantitative estimate of drug-likeness (QED) is 0.808. The lowest BCUT2D eigenvalue weighted by Crippen LogP contribution is -2.23. The van der Waals surface area contributed by atoms with Gasteiger partial charge in [0, 0.05) is 11.4 Å². The van der Waals surface area contributed by atoms with Gasteiger partial charge in [-0.15, -0.1) is 0 Å². The van der Waals surface area contributed by atoms with Crippen LogP contribution in [0, 0.1) is 0 Å². The van der Waals surface area contributed by atoms with Crippen molar-refractivity contribution in [2.45, 2.75) is 6.92 Å². The number of rotatable bonds is 1. The molecule has 0 bridgehead atoms. The fourth-order valence-corrected chi connectivity index (χ4v) is 2.45. The van der Waals surface area contributed by atoms with Gasteiger partial charge in [-0.25, -0.2) is 0 Å². The van der Waals surface area contributed by atoms with Crippen molar-refractivity contribution in [1.29, 1.82) is 0 Å². The topological polar surface area (TPSA) is 58.5 Å². The van der Waals surface area contributed by atoms with Gasteiger partial charge < -0.3 is 5.32 Å². The summed E-state index contributed by atoms with van der Waals surface area (Å²) in [5.74, 6) is -0.564. The zero-order valence-electron chi connectivity index (χ0n) is 9.44. The van der Waals surface area contributed by atoms with Crippen LogP contribution in [0.3, 0.4) is 0 Å². The zero-order valence-corrected chi connectivity index (χ0v) is 11.8. The molecule has 0 fully saturated rings. The summed E-state index contributed by atoms with van der Waals surface area (Å²) in [6, 6.07) is 7.57. The highest BCUT2D eigenvalue weighted by Gasteiger charge is 2.22. The van der Waals surface area contributed by atoms with Gasteiger partial charge in [-0.2, -0.15) is 4.99 Å². The van der Waals surface area contributed by atoms with Crippen molar-refractivity contribution < 1.29 is 9.59 Å². The molecule has 4 nitrogen and oxygen atoms in total. The number of carbonyl (C=O) groups is 2. The van der Waals surface area contributed by atoms with Crippen LogP contribution in [0.15, 0.2) is 38.6 Å². The minimum absolute atomic E-state index is 0.237. The van der Waals surface area contributed by atoms with Crippen molar-refractivity contribution in [2.24, 2.45) is 4.99 Å². The normalized spacial score (nSPS) is 16.9. The number of carbonyl (C=O) groups excluding carboxylic acids is 2. The van der Waals surface area contributed by atoms with Crippen LogP contribution in [0.2, 0.25) is 0 Å². The Balaban J connectivity index is 2.15. The highest BCUT2D eigenvalue weighted by molar-refractivity contribution is 9.10. The van der Waals surface area contributed by atoms with E-state index in [9.17, 15) is 9.59 Å². The Morgan fingerprint density at radius 2 is 2.06 bits per heavy atom. The minimum atomic E-state index is -0.327. The van der Waals surface area contributed by atoms with E-state index in [-0.39, 0.29) is 11.8 Å². The average molecular weight is 325 g/mol. The Kier molecular flexibility index (Phi) is 3.98. The summed E-state index contributed by atoms with van der Waals surface area (Å²) in [7, 11) is 0. The number of amides is 2. The molecule has 0 saturated carbocycles. The molecule has 92 valence electrons. The Morgan fingerprint density at radius 1 is 1.39 bits per heavy atom. The maximum Gasteiger partial charge on any atom is 0.286 e. The van der Waals surface area contributed by atoms with Crippen molar-refractivity contribution >= 4 is 50.7 Å². The van der Waals surface area contributed by atoms with Crippen LogP contribution in [-0.4, -0.2) is 17.0 Å².